The number of aryl methyl sites for hydroxylation is 1. The molecular weight excluding hydrogens is 304 g/mol. The maximum atomic E-state index is 11.4. The fourth-order valence-corrected chi connectivity index (χ4v) is 2.85. The van der Waals surface area contributed by atoms with Crippen LogP contribution in [-0.4, -0.2) is 25.3 Å². The van der Waals surface area contributed by atoms with Crippen molar-refractivity contribution >= 4 is 33.8 Å². The third kappa shape index (κ3) is 5.01. The van der Waals surface area contributed by atoms with Gasteiger partial charge < -0.3 is 4.18 Å². The minimum atomic E-state index is -3.67. The van der Waals surface area contributed by atoms with E-state index < -0.39 is 10.1 Å². The highest BCUT2D eigenvalue weighted by Gasteiger charge is 2.13. The van der Waals surface area contributed by atoms with Gasteiger partial charge in [0.05, 0.1) is 17.8 Å². The van der Waals surface area contributed by atoms with Gasteiger partial charge in [0, 0.05) is 10.8 Å². The summed E-state index contributed by atoms with van der Waals surface area (Å²) in [6.07, 6.45) is 0. The van der Waals surface area contributed by atoms with Crippen molar-refractivity contribution in [1.29, 1.82) is 0 Å². The minimum absolute atomic E-state index is 0.0308. The number of alkyl halides is 1. The van der Waals surface area contributed by atoms with E-state index in [0.717, 1.165) is 12.0 Å². The van der Waals surface area contributed by atoms with Crippen LogP contribution in [0.2, 0.25) is 0 Å². The number of hydrogen-bond acceptors (Lipinski definition) is 7. The molecule has 0 bridgehead atoms. The Kier molecular flexibility index (Phi) is 6.19. The normalized spacial score (nSPS) is 11.5. The molecule has 6 nitrogen and oxygen atoms in total. The van der Waals surface area contributed by atoms with Crippen molar-refractivity contribution in [2.45, 2.75) is 11.8 Å². The summed E-state index contributed by atoms with van der Waals surface area (Å²) in [6, 6.07) is 4.65. The van der Waals surface area contributed by atoms with Crippen molar-refractivity contribution < 1.29 is 27.2 Å². The van der Waals surface area contributed by atoms with Crippen LogP contribution >= 0.6 is 23.6 Å². The zero-order valence-corrected chi connectivity index (χ0v) is 11.7. The molecule has 0 saturated heterocycles. The molecule has 1 rings (SSSR count). The highest BCUT2D eigenvalue weighted by atomic mass is 35.5. The van der Waals surface area contributed by atoms with Crippen LogP contribution in [0.15, 0.2) is 23.1 Å². The molecular formula is C9H11ClO6S2. The average molecular weight is 315 g/mol. The minimum Gasteiger partial charge on any atom is -0.382 e. The maximum absolute atomic E-state index is 11.4. The van der Waals surface area contributed by atoms with E-state index in [9.17, 15) is 8.42 Å². The number of hydrogen-bond donors (Lipinski definition) is 1. The predicted octanol–water partition coefficient (Wildman–Crippen LogP) is 2.37. The second-order valence-corrected chi connectivity index (χ2v) is 6.03. The lowest BCUT2D eigenvalue weighted by molar-refractivity contribution is -0.432. The molecule has 0 aromatic heterocycles. The molecule has 0 aliphatic carbocycles. The average Bonchev–Trinajstić information content (AvgIpc) is 2.29. The van der Waals surface area contributed by atoms with E-state index in [4.69, 9.17) is 21.0 Å². The Morgan fingerprint density at radius 2 is 2.17 bits per heavy atom. The molecule has 0 aliphatic heterocycles. The number of benzene rings is 1. The van der Waals surface area contributed by atoms with Gasteiger partial charge in [-0.1, -0.05) is 5.04 Å². The van der Waals surface area contributed by atoms with Gasteiger partial charge in [-0.05, 0) is 30.7 Å². The molecule has 1 aromatic carbocycles. The second-order valence-electron chi connectivity index (χ2n) is 3.19. The van der Waals surface area contributed by atoms with Crippen molar-refractivity contribution in [1.82, 2.24) is 0 Å². The smallest absolute Gasteiger partial charge is 0.310 e. The van der Waals surface area contributed by atoms with Gasteiger partial charge >= 0.3 is 10.1 Å². The first-order valence-corrected chi connectivity index (χ1v) is 7.57. The summed E-state index contributed by atoms with van der Waals surface area (Å²) in [5.41, 5.74) is 0.597. The molecule has 1 aromatic rings. The Balaban J connectivity index is 2.80. The van der Waals surface area contributed by atoms with E-state index in [1.165, 1.54) is 6.07 Å². The molecule has 0 spiro atoms. The van der Waals surface area contributed by atoms with Gasteiger partial charge in [-0.3, -0.25) is 0 Å². The Bertz CT molecular complexity index is 490. The van der Waals surface area contributed by atoms with E-state index in [1.54, 1.807) is 19.1 Å². The summed E-state index contributed by atoms with van der Waals surface area (Å²) < 4.78 is 32.0. The quantitative estimate of drug-likeness (QED) is 0.272. The van der Waals surface area contributed by atoms with E-state index >= 15 is 0 Å². The van der Waals surface area contributed by atoms with Crippen molar-refractivity contribution in [3.63, 3.8) is 0 Å². The predicted molar refractivity (Wildman–Crippen MR) is 67.0 cm³/mol. The summed E-state index contributed by atoms with van der Waals surface area (Å²) in [5, 5.41) is 11.5. The first-order chi connectivity index (χ1) is 8.48. The van der Waals surface area contributed by atoms with Crippen LogP contribution in [0.1, 0.15) is 5.56 Å². The topological polar surface area (TPSA) is 82.1 Å². The Morgan fingerprint density at radius 3 is 2.72 bits per heavy atom. The monoisotopic (exact) mass is 314 g/mol. The van der Waals surface area contributed by atoms with Crippen molar-refractivity contribution in [2.75, 3.05) is 11.6 Å². The Morgan fingerprint density at radius 1 is 1.44 bits per heavy atom. The van der Waals surface area contributed by atoms with Gasteiger partial charge in [0.2, 0.25) is 0 Å². The molecule has 9 heteroatoms. The molecule has 102 valence electrons. The molecule has 0 saturated carbocycles. The number of rotatable bonds is 7. The molecule has 0 amide bonds. The molecule has 0 atom stereocenters. The molecule has 0 aliphatic rings. The van der Waals surface area contributed by atoms with Crippen molar-refractivity contribution in [3.05, 3.63) is 23.8 Å². The third-order valence-electron chi connectivity index (χ3n) is 1.85. The highest BCUT2D eigenvalue weighted by Crippen LogP contribution is 2.27. The zero-order chi connectivity index (χ0) is 13.6. The van der Waals surface area contributed by atoms with Crippen LogP contribution in [0.5, 0.6) is 5.75 Å². The lowest BCUT2D eigenvalue weighted by Crippen LogP contribution is -2.15. The van der Waals surface area contributed by atoms with Gasteiger partial charge in [-0.25, -0.2) is 5.26 Å². The summed E-state index contributed by atoms with van der Waals surface area (Å²) in [5.74, 6) is -0.0717. The van der Waals surface area contributed by atoms with Crippen LogP contribution in [0.25, 0.3) is 0 Å². The fourth-order valence-electron chi connectivity index (χ4n) is 1.09. The first kappa shape index (κ1) is 15.5. The summed E-state index contributed by atoms with van der Waals surface area (Å²) in [6.45, 7) is 1.68. The van der Waals surface area contributed by atoms with Gasteiger partial charge in [0.1, 0.15) is 5.75 Å². The van der Waals surface area contributed by atoms with Gasteiger partial charge in [0.25, 0.3) is 0 Å². The molecule has 0 unspecified atom stereocenters. The van der Waals surface area contributed by atoms with E-state index in [0.29, 0.717) is 10.5 Å². The lowest BCUT2D eigenvalue weighted by atomic mass is 10.2. The van der Waals surface area contributed by atoms with E-state index in [-0.39, 0.29) is 17.4 Å². The van der Waals surface area contributed by atoms with Crippen molar-refractivity contribution in [3.8, 4) is 5.75 Å². The molecule has 18 heavy (non-hydrogen) atoms. The van der Waals surface area contributed by atoms with Crippen LogP contribution in [0, 0.1) is 6.92 Å². The molecule has 0 heterocycles. The van der Waals surface area contributed by atoms with Gasteiger partial charge in [0.15, 0.2) is 0 Å². The maximum Gasteiger partial charge on any atom is 0.310 e. The van der Waals surface area contributed by atoms with E-state index in [1.807, 2.05) is 0 Å². The molecule has 1 N–H and O–H groups in total. The zero-order valence-electron chi connectivity index (χ0n) is 9.33. The SMILES string of the molecule is Cc1cc(SOOO)ccc1OS(=O)(=O)CCCl. The van der Waals surface area contributed by atoms with Crippen LogP contribution < -0.4 is 4.18 Å². The van der Waals surface area contributed by atoms with Gasteiger partial charge in [-0.2, -0.15) is 8.42 Å². The number of halogens is 1. The van der Waals surface area contributed by atoms with Crippen LogP contribution in [0.3, 0.4) is 0 Å². The van der Waals surface area contributed by atoms with E-state index in [2.05, 4.69) is 9.37 Å². The Hall–Kier alpha value is -0.510. The third-order valence-corrected chi connectivity index (χ3v) is 3.98. The highest BCUT2D eigenvalue weighted by molar-refractivity contribution is 7.94. The fraction of sp³-hybridized carbons (Fsp3) is 0.333. The summed E-state index contributed by atoms with van der Waals surface area (Å²) in [4.78, 5) is 0.614. The first-order valence-electron chi connectivity index (χ1n) is 4.72. The summed E-state index contributed by atoms with van der Waals surface area (Å²) >= 11 is 6.13. The Labute approximate surface area is 114 Å². The van der Waals surface area contributed by atoms with Crippen LogP contribution in [-0.2, 0) is 19.5 Å². The van der Waals surface area contributed by atoms with Crippen LogP contribution in [0.4, 0.5) is 0 Å². The summed E-state index contributed by atoms with van der Waals surface area (Å²) in [7, 11) is -3.67. The van der Waals surface area contributed by atoms with Gasteiger partial charge in [-0.15, -0.1) is 15.9 Å². The molecule has 0 radical (unpaired) electrons. The second kappa shape index (κ2) is 7.17. The molecule has 0 fully saturated rings. The standard InChI is InChI=1S/C9H11ClO6S2/c1-7-6-8(17-16-15-11)2-3-9(7)14-18(12,13)5-4-10/h2-3,6,11H,4-5H2,1H3. The van der Waals surface area contributed by atoms with Crippen molar-refractivity contribution in [2.24, 2.45) is 0 Å². The lowest BCUT2D eigenvalue weighted by Gasteiger charge is -2.09. The largest absolute Gasteiger partial charge is 0.382 e.